The van der Waals surface area contributed by atoms with Crippen LogP contribution in [-0.2, 0) is 0 Å². The Morgan fingerprint density at radius 1 is 1.40 bits per heavy atom. The summed E-state index contributed by atoms with van der Waals surface area (Å²) in [5, 5.41) is 8.08. The Kier molecular flexibility index (Phi) is 5.14. The van der Waals surface area contributed by atoms with Crippen LogP contribution in [0.5, 0.6) is 0 Å². The average Bonchev–Trinajstić information content (AvgIpc) is 2.97. The number of nitrogen functional groups attached to an aromatic ring is 1. The molecule has 0 aromatic carbocycles. The third-order valence-corrected chi connectivity index (χ3v) is 3.73. The topological polar surface area (TPSA) is 92.9 Å². The molecule has 0 fully saturated rings. The van der Waals surface area contributed by atoms with Crippen LogP contribution in [-0.4, -0.2) is 29.0 Å². The number of amides is 1. The minimum Gasteiger partial charge on any atom is -0.382 e. The molecule has 8 heteroatoms. The normalized spacial score (nSPS) is 10.2. The van der Waals surface area contributed by atoms with Gasteiger partial charge in [0.25, 0.3) is 5.91 Å². The van der Waals surface area contributed by atoms with Gasteiger partial charge in [-0.2, -0.15) is 0 Å². The summed E-state index contributed by atoms with van der Waals surface area (Å²) in [7, 11) is 0. The Hall–Kier alpha value is -1.86. The van der Waals surface area contributed by atoms with Crippen molar-refractivity contribution in [3.8, 4) is 0 Å². The quantitative estimate of drug-likeness (QED) is 0.710. The number of carbonyl (C=O) groups is 1. The van der Waals surface area contributed by atoms with Gasteiger partial charge in [-0.05, 0) is 17.9 Å². The molecule has 1 amide bonds. The van der Waals surface area contributed by atoms with Gasteiger partial charge < -0.3 is 16.4 Å². The van der Waals surface area contributed by atoms with Crippen LogP contribution in [0.15, 0.2) is 23.8 Å². The van der Waals surface area contributed by atoms with Crippen molar-refractivity contribution in [3.63, 3.8) is 0 Å². The molecule has 20 heavy (non-hydrogen) atoms. The first-order valence-electron chi connectivity index (χ1n) is 6.00. The number of aromatic nitrogens is 2. The molecule has 0 atom stereocenters. The zero-order chi connectivity index (χ0) is 14.4. The summed E-state index contributed by atoms with van der Waals surface area (Å²) in [6.45, 7) is 1.20. The van der Waals surface area contributed by atoms with Crippen molar-refractivity contribution in [2.45, 2.75) is 6.42 Å². The van der Waals surface area contributed by atoms with Crippen molar-refractivity contribution in [1.82, 2.24) is 15.3 Å². The molecule has 0 aliphatic rings. The summed E-state index contributed by atoms with van der Waals surface area (Å²) in [5.74, 6) is 0.697. The van der Waals surface area contributed by atoms with E-state index in [9.17, 15) is 4.79 Å². The van der Waals surface area contributed by atoms with E-state index in [1.807, 2.05) is 11.4 Å². The molecule has 2 aromatic rings. The first-order valence-corrected chi connectivity index (χ1v) is 7.26. The van der Waals surface area contributed by atoms with E-state index in [-0.39, 0.29) is 11.7 Å². The molecule has 2 aromatic heterocycles. The highest BCUT2D eigenvalue weighted by atomic mass is 35.5. The van der Waals surface area contributed by atoms with Gasteiger partial charge in [0.05, 0.1) is 4.88 Å². The van der Waals surface area contributed by atoms with Crippen molar-refractivity contribution < 1.29 is 4.79 Å². The molecular weight excluding hydrogens is 298 g/mol. The lowest BCUT2D eigenvalue weighted by Crippen LogP contribution is -2.25. The van der Waals surface area contributed by atoms with Crippen LogP contribution in [0.2, 0.25) is 5.02 Å². The number of nitrogens with zero attached hydrogens (tertiary/aromatic N) is 2. The molecule has 2 heterocycles. The molecule has 0 aliphatic heterocycles. The van der Waals surface area contributed by atoms with Crippen LogP contribution in [0, 0.1) is 0 Å². The van der Waals surface area contributed by atoms with Gasteiger partial charge in [-0.25, -0.2) is 9.97 Å². The van der Waals surface area contributed by atoms with Gasteiger partial charge in [-0.1, -0.05) is 17.7 Å². The third kappa shape index (κ3) is 3.82. The molecule has 0 radical (unpaired) electrons. The Labute approximate surface area is 125 Å². The van der Waals surface area contributed by atoms with E-state index in [1.165, 1.54) is 17.7 Å². The minimum atomic E-state index is -0.0516. The fourth-order valence-corrected chi connectivity index (χ4v) is 2.30. The lowest BCUT2D eigenvalue weighted by molar-refractivity contribution is 0.0957. The average molecular weight is 312 g/mol. The van der Waals surface area contributed by atoms with Gasteiger partial charge in [0.1, 0.15) is 23.0 Å². The molecular formula is C12H14ClN5OS. The SMILES string of the molecule is Nc1ncnc(NCCCNC(=O)c2cccs2)c1Cl. The Morgan fingerprint density at radius 3 is 3.00 bits per heavy atom. The van der Waals surface area contributed by atoms with Crippen molar-refractivity contribution in [1.29, 1.82) is 0 Å². The zero-order valence-corrected chi connectivity index (χ0v) is 12.2. The van der Waals surface area contributed by atoms with E-state index in [0.29, 0.717) is 28.8 Å². The molecule has 0 unspecified atom stereocenters. The van der Waals surface area contributed by atoms with Crippen LogP contribution < -0.4 is 16.4 Å². The van der Waals surface area contributed by atoms with E-state index in [4.69, 9.17) is 17.3 Å². The number of hydrogen-bond acceptors (Lipinski definition) is 6. The van der Waals surface area contributed by atoms with E-state index in [0.717, 1.165) is 6.42 Å². The molecule has 106 valence electrons. The maximum Gasteiger partial charge on any atom is 0.261 e. The summed E-state index contributed by atoms with van der Waals surface area (Å²) < 4.78 is 0. The van der Waals surface area contributed by atoms with Crippen LogP contribution in [0.3, 0.4) is 0 Å². The summed E-state index contributed by atoms with van der Waals surface area (Å²) in [6.07, 6.45) is 2.10. The van der Waals surface area contributed by atoms with Crippen LogP contribution in [0.1, 0.15) is 16.1 Å². The summed E-state index contributed by atoms with van der Waals surface area (Å²) in [6, 6.07) is 3.64. The van der Waals surface area contributed by atoms with E-state index in [1.54, 1.807) is 6.07 Å². The number of nitrogens with one attached hydrogen (secondary N) is 2. The summed E-state index contributed by atoms with van der Waals surface area (Å²) in [5.41, 5.74) is 5.57. The number of hydrogen-bond donors (Lipinski definition) is 3. The van der Waals surface area contributed by atoms with Crippen molar-refractivity contribution >= 4 is 40.5 Å². The number of rotatable bonds is 6. The molecule has 4 N–H and O–H groups in total. The van der Waals surface area contributed by atoms with Crippen LogP contribution >= 0.6 is 22.9 Å². The monoisotopic (exact) mass is 311 g/mol. The first kappa shape index (κ1) is 14.5. The van der Waals surface area contributed by atoms with Gasteiger partial charge in [-0.15, -0.1) is 11.3 Å². The summed E-state index contributed by atoms with van der Waals surface area (Å²) >= 11 is 7.36. The molecule has 0 aliphatic carbocycles. The van der Waals surface area contributed by atoms with Crippen molar-refractivity contribution in [2.75, 3.05) is 24.1 Å². The Balaban J connectivity index is 1.69. The summed E-state index contributed by atoms with van der Waals surface area (Å²) in [4.78, 5) is 20.1. The maximum absolute atomic E-state index is 11.7. The maximum atomic E-state index is 11.7. The van der Waals surface area contributed by atoms with E-state index in [2.05, 4.69) is 20.6 Å². The fraction of sp³-hybridized carbons (Fsp3) is 0.250. The minimum absolute atomic E-state index is 0.0516. The lowest BCUT2D eigenvalue weighted by Gasteiger charge is -2.08. The van der Waals surface area contributed by atoms with E-state index >= 15 is 0 Å². The van der Waals surface area contributed by atoms with Gasteiger partial charge in [-0.3, -0.25) is 4.79 Å². The number of halogens is 1. The van der Waals surface area contributed by atoms with Gasteiger partial charge in [0.2, 0.25) is 0 Å². The Morgan fingerprint density at radius 2 is 2.25 bits per heavy atom. The highest BCUT2D eigenvalue weighted by Crippen LogP contribution is 2.22. The lowest BCUT2D eigenvalue weighted by atomic mass is 10.4. The second kappa shape index (κ2) is 7.06. The molecule has 0 saturated heterocycles. The molecule has 0 saturated carbocycles. The van der Waals surface area contributed by atoms with Gasteiger partial charge >= 0.3 is 0 Å². The van der Waals surface area contributed by atoms with Crippen molar-refractivity contribution in [2.24, 2.45) is 0 Å². The van der Waals surface area contributed by atoms with Gasteiger partial charge in [0, 0.05) is 13.1 Å². The predicted octanol–water partition coefficient (Wildman–Crippen LogP) is 2.01. The van der Waals surface area contributed by atoms with E-state index < -0.39 is 0 Å². The van der Waals surface area contributed by atoms with Crippen LogP contribution in [0.25, 0.3) is 0 Å². The third-order valence-electron chi connectivity index (χ3n) is 2.49. The highest BCUT2D eigenvalue weighted by Gasteiger charge is 2.06. The number of thiophene rings is 1. The largest absolute Gasteiger partial charge is 0.382 e. The molecule has 6 nitrogen and oxygen atoms in total. The number of carbonyl (C=O) groups excluding carboxylic acids is 1. The fourth-order valence-electron chi connectivity index (χ4n) is 1.50. The standard InChI is InChI=1S/C12H14ClN5OS/c13-9-10(14)17-7-18-11(9)15-4-2-5-16-12(19)8-3-1-6-20-8/h1,3,6-7H,2,4-5H2,(H,16,19)(H3,14,15,17,18). The van der Waals surface area contributed by atoms with Crippen LogP contribution in [0.4, 0.5) is 11.6 Å². The second-order valence-corrected chi connectivity index (χ2v) is 5.26. The number of nitrogens with two attached hydrogens (primary N) is 1. The zero-order valence-electron chi connectivity index (χ0n) is 10.6. The first-order chi connectivity index (χ1) is 9.68. The second-order valence-electron chi connectivity index (χ2n) is 3.94. The predicted molar refractivity (Wildman–Crippen MR) is 81.2 cm³/mol. The molecule has 0 spiro atoms. The van der Waals surface area contributed by atoms with Gasteiger partial charge in [0.15, 0.2) is 0 Å². The smallest absolute Gasteiger partial charge is 0.261 e. The number of anilines is 2. The Bertz CT molecular complexity index is 575. The highest BCUT2D eigenvalue weighted by molar-refractivity contribution is 7.12. The molecule has 2 rings (SSSR count). The molecule has 0 bridgehead atoms. The van der Waals surface area contributed by atoms with Crippen molar-refractivity contribution in [3.05, 3.63) is 33.7 Å².